The summed E-state index contributed by atoms with van der Waals surface area (Å²) in [6.45, 7) is 3.79. The minimum absolute atomic E-state index is 0.0340. The van der Waals surface area contributed by atoms with Gasteiger partial charge in [0.25, 0.3) is 0 Å². The third kappa shape index (κ3) is 3.06. The number of fused-ring (bicyclic) bond motifs is 1. The molecule has 0 spiro atoms. The van der Waals surface area contributed by atoms with Crippen molar-refractivity contribution in [1.29, 1.82) is 0 Å². The third-order valence-corrected chi connectivity index (χ3v) is 4.04. The number of aromatic carboxylic acids is 1. The molecule has 1 N–H and O–H groups in total. The summed E-state index contributed by atoms with van der Waals surface area (Å²) in [6.07, 6.45) is 0. The summed E-state index contributed by atoms with van der Waals surface area (Å²) in [6, 6.07) is 8.50. The van der Waals surface area contributed by atoms with Crippen LogP contribution >= 0.6 is 11.6 Å². The number of carboxylic acid groups (broad SMARTS) is 1. The molecule has 0 fully saturated rings. The van der Waals surface area contributed by atoms with E-state index in [2.05, 4.69) is 15.2 Å². The smallest absolute Gasteiger partial charge is 0.339 e. The lowest BCUT2D eigenvalue weighted by molar-refractivity contribution is 0.0693. The maximum Gasteiger partial charge on any atom is 0.339 e. The van der Waals surface area contributed by atoms with Crippen LogP contribution in [0.1, 0.15) is 21.7 Å². The van der Waals surface area contributed by atoms with Gasteiger partial charge in [0.05, 0.1) is 17.8 Å². The monoisotopic (exact) mass is 358 g/mol. The molecule has 0 radical (unpaired) electrons. The summed E-state index contributed by atoms with van der Waals surface area (Å²) in [5.74, 6) is -0.377. The minimum Gasteiger partial charge on any atom is -0.496 e. The van der Waals surface area contributed by atoms with Crippen molar-refractivity contribution in [3.8, 4) is 5.75 Å². The van der Waals surface area contributed by atoms with Gasteiger partial charge >= 0.3 is 5.97 Å². The van der Waals surface area contributed by atoms with Crippen LogP contribution < -0.4 is 4.74 Å². The van der Waals surface area contributed by atoms with Crippen molar-refractivity contribution < 1.29 is 14.6 Å². The van der Waals surface area contributed by atoms with Gasteiger partial charge in [0.1, 0.15) is 22.6 Å². The lowest BCUT2D eigenvalue weighted by Gasteiger charge is -2.07. The lowest BCUT2D eigenvalue weighted by atomic mass is 10.2. The van der Waals surface area contributed by atoms with Crippen molar-refractivity contribution >= 4 is 34.7 Å². The molecular weight excluding hydrogens is 344 g/mol. The SMILES string of the molecule is COc1cc(N=Nc2c(C)nc3cccc(C)n23)c(Cl)cc1C(=O)O. The molecule has 0 saturated heterocycles. The van der Waals surface area contributed by atoms with E-state index < -0.39 is 5.97 Å². The molecule has 0 unspecified atom stereocenters. The quantitative estimate of drug-likeness (QED) is 0.683. The second-order valence-corrected chi connectivity index (χ2v) is 5.80. The molecule has 0 bridgehead atoms. The van der Waals surface area contributed by atoms with E-state index in [0.717, 1.165) is 17.0 Å². The molecule has 25 heavy (non-hydrogen) atoms. The molecule has 3 rings (SSSR count). The topological polar surface area (TPSA) is 88.5 Å². The Kier molecular flexibility index (Phi) is 4.41. The first-order valence-corrected chi connectivity index (χ1v) is 7.77. The predicted octanol–water partition coefficient (Wildman–Crippen LogP) is 4.73. The van der Waals surface area contributed by atoms with Crippen LogP contribution in [-0.2, 0) is 0 Å². The number of nitrogens with zero attached hydrogens (tertiary/aromatic N) is 4. The Labute approximate surface area is 148 Å². The molecule has 0 aliphatic carbocycles. The van der Waals surface area contributed by atoms with Gasteiger partial charge in [-0.2, -0.15) is 0 Å². The van der Waals surface area contributed by atoms with E-state index in [1.807, 2.05) is 36.4 Å². The molecule has 0 atom stereocenters. The third-order valence-electron chi connectivity index (χ3n) is 3.73. The van der Waals surface area contributed by atoms with Crippen LogP contribution in [0.2, 0.25) is 5.02 Å². The van der Waals surface area contributed by atoms with Gasteiger partial charge in [-0.15, -0.1) is 10.2 Å². The molecule has 2 heterocycles. The second kappa shape index (κ2) is 6.52. The number of imidazole rings is 1. The van der Waals surface area contributed by atoms with Crippen molar-refractivity contribution in [2.75, 3.05) is 7.11 Å². The Morgan fingerprint density at radius 3 is 2.72 bits per heavy atom. The van der Waals surface area contributed by atoms with E-state index in [9.17, 15) is 9.90 Å². The van der Waals surface area contributed by atoms with Crippen LogP contribution in [0.4, 0.5) is 11.5 Å². The van der Waals surface area contributed by atoms with Crippen molar-refractivity contribution in [1.82, 2.24) is 9.38 Å². The number of azo groups is 1. The summed E-state index contributed by atoms with van der Waals surface area (Å²) < 4.78 is 6.98. The number of pyridine rings is 1. The summed E-state index contributed by atoms with van der Waals surface area (Å²) in [5, 5.41) is 17.8. The highest BCUT2D eigenvalue weighted by Crippen LogP contribution is 2.34. The average Bonchev–Trinajstić information content (AvgIpc) is 2.90. The molecule has 7 nitrogen and oxygen atoms in total. The number of carbonyl (C=O) groups is 1. The average molecular weight is 359 g/mol. The van der Waals surface area contributed by atoms with Gasteiger partial charge in [-0.3, -0.25) is 4.40 Å². The molecule has 0 amide bonds. The summed E-state index contributed by atoms with van der Waals surface area (Å²) in [4.78, 5) is 15.7. The molecule has 1 aromatic carbocycles. The Morgan fingerprint density at radius 2 is 2.04 bits per heavy atom. The van der Waals surface area contributed by atoms with Crippen LogP contribution in [0.3, 0.4) is 0 Å². The number of hydrogen-bond donors (Lipinski definition) is 1. The highest BCUT2D eigenvalue weighted by molar-refractivity contribution is 6.33. The minimum atomic E-state index is -1.13. The zero-order valence-corrected chi connectivity index (χ0v) is 14.6. The van der Waals surface area contributed by atoms with Gasteiger partial charge in [-0.1, -0.05) is 17.7 Å². The summed E-state index contributed by atoms with van der Waals surface area (Å²) in [7, 11) is 1.38. The predicted molar refractivity (Wildman–Crippen MR) is 93.8 cm³/mol. The normalized spacial score (nSPS) is 11.4. The molecule has 0 aliphatic rings. The fourth-order valence-electron chi connectivity index (χ4n) is 2.52. The molecule has 0 saturated carbocycles. The number of rotatable bonds is 4. The van der Waals surface area contributed by atoms with Crippen LogP contribution in [0.5, 0.6) is 5.75 Å². The number of carboxylic acids is 1. The molecule has 8 heteroatoms. The first-order valence-electron chi connectivity index (χ1n) is 7.39. The van der Waals surface area contributed by atoms with Crippen molar-refractivity contribution in [3.05, 3.63) is 52.3 Å². The Morgan fingerprint density at radius 1 is 1.28 bits per heavy atom. The van der Waals surface area contributed by atoms with Crippen molar-refractivity contribution in [3.63, 3.8) is 0 Å². The maximum absolute atomic E-state index is 11.2. The van der Waals surface area contributed by atoms with Gasteiger partial charge in [-0.25, -0.2) is 9.78 Å². The molecule has 2 aromatic heterocycles. The fraction of sp³-hybridized carbons (Fsp3) is 0.176. The van der Waals surface area contributed by atoms with Gasteiger partial charge in [0, 0.05) is 11.8 Å². The lowest BCUT2D eigenvalue weighted by Crippen LogP contribution is -2.00. The van der Waals surface area contributed by atoms with Crippen LogP contribution in [0.25, 0.3) is 5.65 Å². The number of aryl methyl sites for hydroxylation is 2. The molecule has 0 aliphatic heterocycles. The Bertz CT molecular complexity index is 1010. The number of methoxy groups -OCH3 is 1. The molecule has 128 valence electrons. The zero-order valence-electron chi connectivity index (χ0n) is 13.8. The van der Waals surface area contributed by atoms with Gasteiger partial charge in [0.2, 0.25) is 0 Å². The zero-order chi connectivity index (χ0) is 18.1. The molecule has 3 aromatic rings. The van der Waals surface area contributed by atoms with Crippen molar-refractivity contribution in [2.45, 2.75) is 13.8 Å². The first kappa shape index (κ1) is 16.9. The maximum atomic E-state index is 11.2. The highest BCUT2D eigenvalue weighted by atomic mass is 35.5. The summed E-state index contributed by atoms with van der Waals surface area (Å²) in [5.41, 5.74) is 2.75. The van der Waals surface area contributed by atoms with Crippen LogP contribution in [0, 0.1) is 13.8 Å². The van der Waals surface area contributed by atoms with Gasteiger partial charge in [0.15, 0.2) is 5.82 Å². The Hall–Kier alpha value is -2.93. The van der Waals surface area contributed by atoms with E-state index in [1.54, 1.807) is 0 Å². The number of aromatic nitrogens is 2. The highest BCUT2D eigenvalue weighted by Gasteiger charge is 2.15. The summed E-state index contributed by atoms with van der Waals surface area (Å²) >= 11 is 6.14. The van der Waals surface area contributed by atoms with Gasteiger partial charge < -0.3 is 9.84 Å². The number of hydrogen-bond acceptors (Lipinski definition) is 5. The van der Waals surface area contributed by atoms with Crippen molar-refractivity contribution in [2.24, 2.45) is 10.2 Å². The first-order chi connectivity index (χ1) is 11.9. The fourth-order valence-corrected chi connectivity index (χ4v) is 2.72. The largest absolute Gasteiger partial charge is 0.496 e. The standard InChI is InChI=1S/C17H15ClN4O3/c1-9-5-4-6-15-19-10(2)16(22(9)15)21-20-13-8-14(25-3)11(17(23)24)7-12(13)18/h4-8H,1-3H3,(H,23,24). The molecular formula is C17H15ClN4O3. The van der Waals surface area contributed by atoms with E-state index >= 15 is 0 Å². The van der Waals surface area contributed by atoms with E-state index in [4.69, 9.17) is 16.3 Å². The van der Waals surface area contributed by atoms with Crippen LogP contribution in [0.15, 0.2) is 40.6 Å². The Balaban J connectivity index is 2.09. The number of benzene rings is 1. The van der Waals surface area contributed by atoms with E-state index in [0.29, 0.717) is 11.5 Å². The number of ether oxygens (including phenoxy) is 1. The van der Waals surface area contributed by atoms with E-state index in [-0.39, 0.29) is 16.3 Å². The number of halogens is 1. The second-order valence-electron chi connectivity index (χ2n) is 5.39. The van der Waals surface area contributed by atoms with Gasteiger partial charge in [-0.05, 0) is 32.0 Å². The van der Waals surface area contributed by atoms with Crippen LogP contribution in [-0.4, -0.2) is 27.6 Å². The van der Waals surface area contributed by atoms with E-state index in [1.165, 1.54) is 19.2 Å².